The number of halogens is 2. The Labute approximate surface area is 137 Å². The average Bonchev–Trinajstić information content (AvgIpc) is 2.57. The number of ether oxygens (including phenoxy) is 1. The van der Waals surface area contributed by atoms with Crippen molar-refractivity contribution < 1.29 is 23.1 Å². The third-order valence-electron chi connectivity index (χ3n) is 3.38. The number of carbonyl (C=O) groups is 2. The molecular weight excluding hydrogens is 320 g/mol. The number of methoxy groups -OCH3 is 1. The first-order valence-electron chi connectivity index (χ1n) is 6.94. The molecule has 8 heteroatoms. The Balaban J connectivity index is 2.46. The number of nitrogens with zero attached hydrogens (tertiary/aromatic N) is 3. The smallest absolute Gasteiger partial charge is 0.333 e. The molecule has 0 saturated carbocycles. The summed E-state index contributed by atoms with van der Waals surface area (Å²) < 4.78 is 32.2. The van der Waals surface area contributed by atoms with Gasteiger partial charge in [-0.3, -0.25) is 4.79 Å². The number of amides is 1. The first kappa shape index (κ1) is 17.5. The number of carbonyl (C=O) groups excluding carboxylic acids is 2. The molecule has 0 bridgehead atoms. The standard InChI is InChI=1S/C16H15F2N3O3/c1-9-19-7-6-13(20-9)15(22)21(2)14(16(23)24-3)11-8-10(17)4-5-12(11)18/h4-8,14H,1-3H3/t14-/m0/s1. The van der Waals surface area contributed by atoms with E-state index in [1.807, 2.05) is 0 Å². The molecule has 2 rings (SSSR count). The first-order valence-corrected chi connectivity index (χ1v) is 6.94. The molecule has 1 heterocycles. The van der Waals surface area contributed by atoms with Gasteiger partial charge in [0, 0.05) is 18.8 Å². The largest absolute Gasteiger partial charge is 0.467 e. The van der Waals surface area contributed by atoms with Crippen LogP contribution in [0.3, 0.4) is 0 Å². The van der Waals surface area contributed by atoms with Crippen LogP contribution in [0.15, 0.2) is 30.5 Å². The summed E-state index contributed by atoms with van der Waals surface area (Å²) in [4.78, 5) is 33.4. The molecule has 6 nitrogen and oxygen atoms in total. The summed E-state index contributed by atoms with van der Waals surface area (Å²) in [5, 5.41) is 0. The highest BCUT2D eigenvalue weighted by molar-refractivity contribution is 5.95. The van der Waals surface area contributed by atoms with Crippen LogP contribution in [-0.2, 0) is 9.53 Å². The van der Waals surface area contributed by atoms with Gasteiger partial charge in [0.25, 0.3) is 5.91 Å². The number of benzene rings is 1. The van der Waals surface area contributed by atoms with E-state index in [2.05, 4.69) is 14.7 Å². The lowest BCUT2D eigenvalue weighted by molar-refractivity contribution is -0.146. The van der Waals surface area contributed by atoms with Gasteiger partial charge < -0.3 is 9.64 Å². The summed E-state index contributed by atoms with van der Waals surface area (Å²) in [6.45, 7) is 1.60. The van der Waals surface area contributed by atoms with Crippen LogP contribution < -0.4 is 0 Å². The zero-order chi connectivity index (χ0) is 17.9. The highest BCUT2D eigenvalue weighted by Gasteiger charge is 2.33. The van der Waals surface area contributed by atoms with Gasteiger partial charge >= 0.3 is 5.97 Å². The fourth-order valence-corrected chi connectivity index (χ4v) is 2.20. The van der Waals surface area contributed by atoms with Crippen molar-refractivity contribution in [3.05, 3.63) is 59.2 Å². The van der Waals surface area contributed by atoms with E-state index in [-0.39, 0.29) is 11.3 Å². The Morgan fingerprint density at radius 2 is 1.96 bits per heavy atom. The molecule has 24 heavy (non-hydrogen) atoms. The maximum atomic E-state index is 14.1. The van der Waals surface area contributed by atoms with E-state index in [1.165, 1.54) is 19.3 Å². The van der Waals surface area contributed by atoms with Crippen molar-refractivity contribution in [2.24, 2.45) is 0 Å². The fraction of sp³-hybridized carbons (Fsp3) is 0.250. The van der Waals surface area contributed by atoms with Crippen molar-refractivity contribution in [1.29, 1.82) is 0 Å². The van der Waals surface area contributed by atoms with Crippen molar-refractivity contribution >= 4 is 11.9 Å². The van der Waals surface area contributed by atoms with E-state index in [0.29, 0.717) is 5.82 Å². The Kier molecular flexibility index (Phi) is 5.18. The summed E-state index contributed by atoms with van der Waals surface area (Å²) in [6, 6.07) is 2.57. The van der Waals surface area contributed by atoms with Crippen LogP contribution in [0.1, 0.15) is 27.9 Å². The highest BCUT2D eigenvalue weighted by atomic mass is 19.1. The molecular formula is C16H15F2N3O3. The molecule has 0 radical (unpaired) electrons. The molecule has 0 N–H and O–H groups in total. The number of aryl methyl sites for hydroxylation is 1. The molecule has 0 saturated heterocycles. The minimum Gasteiger partial charge on any atom is -0.467 e. The van der Waals surface area contributed by atoms with Crippen molar-refractivity contribution in [1.82, 2.24) is 14.9 Å². The van der Waals surface area contributed by atoms with E-state index >= 15 is 0 Å². The van der Waals surface area contributed by atoms with Crippen LogP contribution in [0.2, 0.25) is 0 Å². The maximum absolute atomic E-state index is 14.1. The van der Waals surface area contributed by atoms with Crippen LogP contribution in [-0.4, -0.2) is 40.9 Å². The van der Waals surface area contributed by atoms with E-state index in [1.54, 1.807) is 6.92 Å². The van der Waals surface area contributed by atoms with Crippen molar-refractivity contribution in [2.75, 3.05) is 14.2 Å². The Morgan fingerprint density at radius 1 is 1.25 bits per heavy atom. The summed E-state index contributed by atoms with van der Waals surface area (Å²) in [7, 11) is 2.38. The zero-order valence-corrected chi connectivity index (χ0v) is 13.3. The van der Waals surface area contributed by atoms with E-state index in [9.17, 15) is 18.4 Å². The summed E-state index contributed by atoms with van der Waals surface area (Å²) in [5.41, 5.74) is -0.279. The number of rotatable bonds is 4. The van der Waals surface area contributed by atoms with Gasteiger partial charge in [-0.25, -0.2) is 23.5 Å². The predicted octanol–water partition coefficient (Wildman–Crippen LogP) is 2.05. The molecule has 1 aromatic carbocycles. The molecule has 1 atom stereocenters. The minimum absolute atomic E-state index is 0.0238. The average molecular weight is 335 g/mol. The SMILES string of the molecule is COC(=O)[C@H](c1cc(F)ccc1F)N(C)C(=O)c1ccnc(C)n1. The molecule has 2 aromatic rings. The molecule has 0 fully saturated rings. The van der Waals surface area contributed by atoms with E-state index in [0.717, 1.165) is 30.2 Å². The van der Waals surface area contributed by atoms with Crippen LogP contribution >= 0.6 is 0 Å². The lowest BCUT2D eigenvalue weighted by atomic mass is 10.0. The van der Waals surface area contributed by atoms with E-state index < -0.39 is 29.6 Å². The second-order valence-electron chi connectivity index (χ2n) is 5.00. The molecule has 1 amide bonds. The monoisotopic (exact) mass is 335 g/mol. The highest BCUT2D eigenvalue weighted by Crippen LogP contribution is 2.26. The fourth-order valence-electron chi connectivity index (χ4n) is 2.20. The molecule has 0 aliphatic rings. The van der Waals surface area contributed by atoms with Crippen LogP contribution in [0.25, 0.3) is 0 Å². The lowest BCUT2D eigenvalue weighted by Gasteiger charge is -2.26. The molecule has 0 spiro atoms. The zero-order valence-electron chi connectivity index (χ0n) is 13.3. The van der Waals surface area contributed by atoms with Gasteiger partial charge in [0.15, 0.2) is 6.04 Å². The van der Waals surface area contributed by atoms with Gasteiger partial charge in [-0.05, 0) is 31.2 Å². The van der Waals surface area contributed by atoms with Crippen molar-refractivity contribution in [3.8, 4) is 0 Å². The Bertz CT molecular complexity index is 783. The number of esters is 1. The Hall–Kier alpha value is -2.90. The van der Waals surface area contributed by atoms with Crippen molar-refractivity contribution in [3.63, 3.8) is 0 Å². The molecule has 126 valence electrons. The molecule has 0 unspecified atom stereocenters. The summed E-state index contributed by atoms with van der Waals surface area (Å²) in [5.74, 6) is -2.76. The number of likely N-dealkylation sites (N-methyl/N-ethyl adjacent to an activating group) is 1. The van der Waals surface area contributed by atoms with Gasteiger partial charge in [-0.15, -0.1) is 0 Å². The summed E-state index contributed by atoms with van der Waals surface area (Å²) in [6.07, 6.45) is 1.39. The molecule has 0 aliphatic heterocycles. The normalized spacial score (nSPS) is 11.7. The lowest BCUT2D eigenvalue weighted by Crippen LogP contribution is -2.37. The van der Waals surface area contributed by atoms with Gasteiger partial charge in [0.1, 0.15) is 23.2 Å². The third-order valence-corrected chi connectivity index (χ3v) is 3.38. The second-order valence-corrected chi connectivity index (χ2v) is 5.00. The third kappa shape index (κ3) is 3.53. The molecule has 0 aliphatic carbocycles. The second kappa shape index (κ2) is 7.12. The van der Waals surface area contributed by atoms with Gasteiger partial charge in [-0.2, -0.15) is 0 Å². The van der Waals surface area contributed by atoms with Crippen LogP contribution in [0.4, 0.5) is 8.78 Å². The molecule has 1 aromatic heterocycles. The van der Waals surface area contributed by atoms with Gasteiger partial charge in [0.05, 0.1) is 7.11 Å². The number of hydrogen-bond donors (Lipinski definition) is 0. The maximum Gasteiger partial charge on any atom is 0.333 e. The predicted molar refractivity (Wildman–Crippen MR) is 80.0 cm³/mol. The number of hydrogen-bond acceptors (Lipinski definition) is 5. The topological polar surface area (TPSA) is 72.4 Å². The van der Waals surface area contributed by atoms with Gasteiger partial charge in [0.2, 0.25) is 0 Å². The number of aromatic nitrogens is 2. The Morgan fingerprint density at radius 3 is 2.58 bits per heavy atom. The van der Waals surface area contributed by atoms with Crippen LogP contribution in [0, 0.1) is 18.6 Å². The first-order chi connectivity index (χ1) is 11.3. The quantitative estimate of drug-likeness (QED) is 0.800. The summed E-state index contributed by atoms with van der Waals surface area (Å²) >= 11 is 0. The van der Waals surface area contributed by atoms with Crippen LogP contribution in [0.5, 0.6) is 0 Å². The van der Waals surface area contributed by atoms with Crippen molar-refractivity contribution in [2.45, 2.75) is 13.0 Å². The minimum atomic E-state index is -1.45. The van der Waals surface area contributed by atoms with E-state index in [4.69, 9.17) is 0 Å². The van der Waals surface area contributed by atoms with Gasteiger partial charge in [-0.1, -0.05) is 0 Å².